The van der Waals surface area contributed by atoms with E-state index in [9.17, 15) is 4.79 Å². The molecule has 1 aromatic carbocycles. The molecule has 3 rings (SSSR count). The molecular weight excluding hydrogens is 368 g/mol. The summed E-state index contributed by atoms with van der Waals surface area (Å²) < 4.78 is 17.2. The van der Waals surface area contributed by atoms with Gasteiger partial charge in [0.1, 0.15) is 11.5 Å². The van der Waals surface area contributed by atoms with Gasteiger partial charge in [0, 0.05) is 10.0 Å². The smallest absolute Gasteiger partial charge is 0.348 e. The van der Waals surface area contributed by atoms with Gasteiger partial charge in [-0.15, -0.1) is 11.3 Å². The van der Waals surface area contributed by atoms with Gasteiger partial charge in [0.2, 0.25) is 6.79 Å². The van der Waals surface area contributed by atoms with Crippen molar-refractivity contribution in [2.45, 2.75) is 6.61 Å². The number of rotatable bonds is 3. The van der Waals surface area contributed by atoms with Gasteiger partial charge in [-0.2, -0.15) is 0 Å². The molecule has 1 aliphatic rings. The van der Waals surface area contributed by atoms with Gasteiger partial charge < -0.3 is 14.2 Å². The Hall–Kier alpha value is -1.24. The van der Waals surface area contributed by atoms with Crippen molar-refractivity contribution >= 4 is 44.8 Å². The van der Waals surface area contributed by atoms with E-state index in [1.165, 1.54) is 11.3 Å². The van der Waals surface area contributed by atoms with E-state index >= 15 is 0 Å². The average Bonchev–Trinajstić information content (AvgIpc) is 3.04. The molecule has 0 N–H and O–H groups in total. The Morgan fingerprint density at radius 2 is 2.10 bits per heavy atom. The first-order valence-electron chi connectivity index (χ1n) is 5.64. The fourth-order valence-electron chi connectivity index (χ4n) is 1.71. The minimum absolute atomic E-state index is 0.144. The van der Waals surface area contributed by atoms with Gasteiger partial charge in [-0.3, -0.25) is 0 Å². The molecule has 0 saturated carbocycles. The number of hydrogen-bond donors (Lipinski definition) is 0. The van der Waals surface area contributed by atoms with E-state index in [4.69, 9.17) is 25.8 Å². The maximum atomic E-state index is 11.8. The van der Waals surface area contributed by atoms with Crippen molar-refractivity contribution in [2.24, 2.45) is 0 Å². The molecule has 0 unspecified atom stereocenters. The summed E-state index contributed by atoms with van der Waals surface area (Å²) in [6, 6.07) is 6.90. The second kappa shape index (κ2) is 5.63. The first-order chi connectivity index (χ1) is 9.63. The van der Waals surface area contributed by atoms with Crippen molar-refractivity contribution in [2.75, 3.05) is 6.79 Å². The maximum Gasteiger partial charge on any atom is 0.348 e. The summed E-state index contributed by atoms with van der Waals surface area (Å²) in [7, 11) is 0. The lowest BCUT2D eigenvalue weighted by atomic mass is 10.2. The highest BCUT2D eigenvalue weighted by molar-refractivity contribution is 9.10. The van der Waals surface area contributed by atoms with Crippen LogP contribution in [0.3, 0.4) is 0 Å². The summed E-state index contributed by atoms with van der Waals surface area (Å²) in [5, 5.41) is 0. The third-order valence-corrected chi connectivity index (χ3v) is 4.62. The third-order valence-electron chi connectivity index (χ3n) is 2.67. The molecular formula is C13H8BrClO4S. The highest BCUT2D eigenvalue weighted by Crippen LogP contribution is 2.37. The number of hydrogen-bond acceptors (Lipinski definition) is 5. The Morgan fingerprint density at radius 3 is 2.80 bits per heavy atom. The molecule has 0 atom stereocenters. The molecule has 104 valence electrons. The Balaban J connectivity index is 1.71. The molecule has 7 heteroatoms. The highest BCUT2D eigenvalue weighted by atomic mass is 79.9. The minimum atomic E-state index is -0.397. The lowest BCUT2D eigenvalue weighted by molar-refractivity contribution is 0.0477. The number of esters is 1. The Kier molecular flexibility index (Phi) is 3.87. The fraction of sp³-hybridized carbons (Fsp3) is 0.154. The number of benzene rings is 1. The highest BCUT2D eigenvalue weighted by Gasteiger charge is 2.17. The number of fused-ring (bicyclic) bond motifs is 1. The van der Waals surface area contributed by atoms with E-state index in [0.717, 1.165) is 10.0 Å². The second-order valence-electron chi connectivity index (χ2n) is 3.98. The lowest BCUT2D eigenvalue weighted by Crippen LogP contribution is -2.03. The van der Waals surface area contributed by atoms with Gasteiger partial charge >= 0.3 is 5.97 Å². The SMILES string of the molecule is O=C(OCc1cc2c(cc1Br)OCO2)c1ccc(Cl)s1. The van der Waals surface area contributed by atoms with Crippen LogP contribution in [0.25, 0.3) is 0 Å². The standard InChI is InChI=1S/C13H8BrClO4S/c14-8-4-10-9(18-6-19-10)3-7(8)5-17-13(16)11-1-2-12(15)20-11/h1-4H,5-6H2. The van der Waals surface area contributed by atoms with Crippen molar-refractivity contribution in [1.29, 1.82) is 0 Å². The maximum absolute atomic E-state index is 11.8. The molecule has 0 bridgehead atoms. The summed E-state index contributed by atoms with van der Waals surface area (Å²) >= 11 is 10.4. The number of halogens is 2. The third kappa shape index (κ3) is 2.77. The largest absolute Gasteiger partial charge is 0.457 e. The summed E-state index contributed by atoms with van der Waals surface area (Å²) in [5.74, 6) is 0.932. The molecule has 4 nitrogen and oxygen atoms in total. The van der Waals surface area contributed by atoms with Crippen LogP contribution in [-0.4, -0.2) is 12.8 Å². The quantitative estimate of drug-likeness (QED) is 0.752. The van der Waals surface area contributed by atoms with Crippen molar-refractivity contribution < 1.29 is 19.0 Å². The van der Waals surface area contributed by atoms with Gasteiger partial charge in [0.05, 0.1) is 4.34 Å². The number of carbonyl (C=O) groups is 1. The predicted molar refractivity (Wildman–Crippen MR) is 78.7 cm³/mol. The number of carbonyl (C=O) groups excluding carboxylic acids is 1. The Bertz CT molecular complexity index is 670. The zero-order chi connectivity index (χ0) is 14.1. The van der Waals surface area contributed by atoms with Crippen LogP contribution in [0.4, 0.5) is 0 Å². The van der Waals surface area contributed by atoms with E-state index in [2.05, 4.69) is 15.9 Å². The van der Waals surface area contributed by atoms with Crippen LogP contribution in [0.15, 0.2) is 28.7 Å². The van der Waals surface area contributed by atoms with E-state index in [0.29, 0.717) is 20.7 Å². The van der Waals surface area contributed by atoms with Crippen molar-refractivity contribution in [1.82, 2.24) is 0 Å². The van der Waals surface area contributed by atoms with Crippen LogP contribution < -0.4 is 9.47 Å². The molecule has 1 aliphatic heterocycles. The molecule has 2 aromatic rings. The van der Waals surface area contributed by atoms with Gasteiger partial charge in [0.15, 0.2) is 11.5 Å². The zero-order valence-electron chi connectivity index (χ0n) is 10.0. The Morgan fingerprint density at radius 1 is 1.35 bits per heavy atom. The van der Waals surface area contributed by atoms with Crippen LogP contribution in [0.1, 0.15) is 15.2 Å². The van der Waals surface area contributed by atoms with Crippen LogP contribution in [0.2, 0.25) is 4.34 Å². The molecule has 0 amide bonds. The summed E-state index contributed by atoms with van der Waals surface area (Å²) in [5.41, 5.74) is 0.810. The molecule has 20 heavy (non-hydrogen) atoms. The minimum Gasteiger partial charge on any atom is -0.457 e. The van der Waals surface area contributed by atoms with Crippen molar-refractivity contribution in [3.8, 4) is 11.5 Å². The molecule has 0 fully saturated rings. The first-order valence-corrected chi connectivity index (χ1v) is 7.63. The summed E-state index contributed by atoms with van der Waals surface area (Å²) in [6.07, 6.45) is 0. The second-order valence-corrected chi connectivity index (χ2v) is 6.55. The molecule has 0 spiro atoms. The monoisotopic (exact) mass is 374 g/mol. The van der Waals surface area contributed by atoms with Crippen LogP contribution >= 0.6 is 38.9 Å². The van der Waals surface area contributed by atoms with E-state index in [1.807, 2.05) is 0 Å². The fourth-order valence-corrected chi connectivity index (χ4v) is 3.08. The van der Waals surface area contributed by atoms with E-state index < -0.39 is 5.97 Å². The molecule has 0 radical (unpaired) electrons. The van der Waals surface area contributed by atoms with Gasteiger partial charge in [-0.05, 0) is 24.3 Å². The Labute approximate surface area is 132 Å². The van der Waals surface area contributed by atoms with E-state index in [-0.39, 0.29) is 13.4 Å². The topological polar surface area (TPSA) is 44.8 Å². The molecule has 0 saturated heterocycles. The lowest BCUT2D eigenvalue weighted by Gasteiger charge is -2.07. The van der Waals surface area contributed by atoms with Gasteiger partial charge in [0.25, 0.3) is 0 Å². The van der Waals surface area contributed by atoms with Crippen LogP contribution in [0.5, 0.6) is 11.5 Å². The van der Waals surface area contributed by atoms with E-state index in [1.54, 1.807) is 24.3 Å². The molecule has 1 aromatic heterocycles. The predicted octanol–water partition coefficient (Wildman–Crippen LogP) is 4.25. The molecule has 2 heterocycles. The summed E-state index contributed by atoms with van der Waals surface area (Å²) in [6.45, 7) is 0.351. The molecule has 0 aliphatic carbocycles. The van der Waals surface area contributed by atoms with Crippen LogP contribution in [-0.2, 0) is 11.3 Å². The zero-order valence-corrected chi connectivity index (χ0v) is 13.2. The summed E-state index contributed by atoms with van der Waals surface area (Å²) in [4.78, 5) is 12.3. The average molecular weight is 376 g/mol. The van der Waals surface area contributed by atoms with Gasteiger partial charge in [-0.1, -0.05) is 27.5 Å². The van der Waals surface area contributed by atoms with Crippen LogP contribution in [0, 0.1) is 0 Å². The first kappa shape index (κ1) is 13.7. The van der Waals surface area contributed by atoms with Crippen molar-refractivity contribution in [3.63, 3.8) is 0 Å². The number of thiophene rings is 1. The van der Waals surface area contributed by atoms with Crippen molar-refractivity contribution in [3.05, 3.63) is 43.5 Å². The number of ether oxygens (including phenoxy) is 3. The van der Waals surface area contributed by atoms with Gasteiger partial charge in [-0.25, -0.2) is 4.79 Å². The normalized spacial score (nSPS) is 12.5.